The molecule has 1 aliphatic heterocycles. The Balaban J connectivity index is 2.83. The molecule has 0 radical (unpaired) electrons. The third-order valence-electron chi connectivity index (χ3n) is 3.10. The molecule has 106 valence electrons. The van der Waals surface area contributed by atoms with Crippen LogP contribution in [0.4, 0.5) is 4.79 Å². The minimum Gasteiger partial charge on any atom is -0.480 e. The van der Waals surface area contributed by atoms with Crippen LogP contribution in [-0.2, 0) is 4.79 Å². The van der Waals surface area contributed by atoms with Gasteiger partial charge in [-0.15, -0.1) is 11.8 Å². The van der Waals surface area contributed by atoms with Crippen LogP contribution < -0.4 is 0 Å². The lowest BCUT2D eigenvalue weighted by atomic mass is 10.2. The van der Waals surface area contributed by atoms with Crippen LogP contribution in [0.5, 0.6) is 0 Å². The highest BCUT2D eigenvalue weighted by Gasteiger charge is 2.41. The lowest BCUT2D eigenvalue weighted by Crippen LogP contribution is -2.51. The molecule has 0 saturated carbocycles. The number of carboxylic acid groups (broad SMARTS) is 1. The zero-order valence-electron chi connectivity index (χ0n) is 11.4. The third-order valence-corrected chi connectivity index (χ3v) is 4.31. The summed E-state index contributed by atoms with van der Waals surface area (Å²) in [6.07, 6.45) is 0. The Bertz CT molecular complexity index is 396. The zero-order chi connectivity index (χ0) is 14.6. The molecule has 0 bridgehead atoms. The van der Waals surface area contributed by atoms with E-state index >= 15 is 0 Å². The van der Waals surface area contributed by atoms with E-state index in [4.69, 9.17) is 10.4 Å². The Morgan fingerprint density at radius 2 is 2.26 bits per heavy atom. The van der Waals surface area contributed by atoms with E-state index in [1.165, 1.54) is 21.6 Å². The molecule has 3 unspecified atom stereocenters. The molecule has 0 spiro atoms. The van der Waals surface area contributed by atoms with Crippen molar-refractivity contribution in [2.24, 2.45) is 5.92 Å². The molecule has 0 aromatic heterocycles. The molecule has 0 aromatic carbocycles. The number of hydrogen-bond acceptors (Lipinski definition) is 4. The van der Waals surface area contributed by atoms with Gasteiger partial charge in [-0.1, -0.05) is 0 Å². The second-order valence-electron chi connectivity index (χ2n) is 4.55. The van der Waals surface area contributed by atoms with Crippen LogP contribution in [0.2, 0.25) is 0 Å². The minimum atomic E-state index is -0.977. The fourth-order valence-electron chi connectivity index (χ4n) is 2.00. The van der Waals surface area contributed by atoms with Crippen molar-refractivity contribution < 1.29 is 14.7 Å². The smallest absolute Gasteiger partial charge is 0.327 e. The lowest BCUT2D eigenvalue weighted by molar-refractivity contribution is -0.141. The maximum atomic E-state index is 12.4. The molecule has 1 N–H and O–H groups in total. The number of carbonyl (C=O) groups excluding carboxylic acids is 1. The van der Waals surface area contributed by atoms with Crippen LogP contribution in [0.3, 0.4) is 0 Å². The highest BCUT2D eigenvalue weighted by atomic mass is 32.2. The van der Waals surface area contributed by atoms with Crippen LogP contribution in [0.1, 0.15) is 20.8 Å². The van der Waals surface area contributed by atoms with Crippen molar-refractivity contribution in [3.8, 4) is 6.07 Å². The Hall–Kier alpha value is -1.42. The molecule has 1 saturated heterocycles. The van der Waals surface area contributed by atoms with Gasteiger partial charge in [-0.2, -0.15) is 5.26 Å². The summed E-state index contributed by atoms with van der Waals surface area (Å²) in [6.45, 7) is 6.18. The number of hydrogen-bond donors (Lipinski definition) is 1. The van der Waals surface area contributed by atoms with Crippen LogP contribution in [0.15, 0.2) is 0 Å². The molecule has 1 rings (SSSR count). The molecular formula is C12H19N3O3S. The first-order valence-electron chi connectivity index (χ1n) is 6.23. The number of urea groups is 1. The summed E-state index contributed by atoms with van der Waals surface area (Å²) < 4.78 is 0. The summed E-state index contributed by atoms with van der Waals surface area (Å²) in [6, 6.07) is 1.01. The van der Waals surface area contributed by atoms with E-state index in [2.05, 4.69) is 6.07 Å². The second-order valence-corrected chi connectivity index (χ2v) is 5.89. The third kappa shape index (κ3) is 3.53. The van der Waals surface area contributed by atoms with Gasteiger partial charge >= 0.3 is 12.0 Å². The van der Waals surface area contributed by atoms with Gasteiger partial charge < -0.3 is 10.0 Å². The van der Waals surface area contributed by atoms with Crippen LogP contribution >= 0.6 is 11.8 Å². The monoisotopic (exact) mass is 285 g/mol. The average molecular weight is 285 g/mol. The highest BCUT2D eigenvalue weighted by molar-refractivity contribution is 8.00. The van der Waals surface area contributed by atoms with Crippen molar-refractivity contribution >= 4 is 23.8 Å². The van der Waals surface area contributed by atoms with E-state index in [9.17, 15) is 9.59 Å². The standard InChI is InChI=1S/C12H19N3O3S/c1-4-14(6-8(2)5-13)12(18)15-9(3)19-7-10(15)11(16)17/h8-10H,4,6-7H2,1-3H3,(H,16,17). The summed E-state index contributed by atoms with van der Waals surface area (Å²) in [7, 11) is 0. The molecule has 1 fully saturated rings. The van der Waals surface area contributed by atoms with Crippen molar-refractivity contribution in [3.05, 3.63) is 0 Å². The van der Waals surface area contributed by atoms with Crippen LogP contribution in [0.25, 0.3) is 0 Å². The number of nitriles is 1. The van der Waals surface area contributed by atoms with Gasteiger partial charge in [0.1, 0.15) is 6.04 Å². The fraction of sp³-hybridized carbons (Fsp3) is 0.750. The Kier molecular flexibility index (Phi) is 5.48. The fourth-order valence-corrected chi connectivity index (χ4v) is 3.16. The molecular weight excluding hydrogens is 266 g/mol. The molecule has 3 atom stereocenters. The number of rotatable bonds is 4. The van der Waals surface area contributed by atoms with Gasteiger partial charge in [-0.3, -0.25) is 4.90 Å². The molecule has 0 aliphatic carbocycles. The van der Waals surface area contributed by atoms with Crippen molar-refractivity contribution in [2.75, 3.05) is 18.8 Å². The van der Waals surface area contributed by atoms with E-state index in [0.29, 0.717) is 18.8 Å². The average Bonchev–Trinajstić information content (AvgIpc) is 2.76. The summed E-state index contributed by atoms with van der Waals surface area (Å²) >= 11 is 1.46. The highest BCUT2D eigenvalue weighted by Crippen LogP contribution is 2.29. The Labute approximate surface area is 117 Å². The SMILES string of the molecule is CCN(CC(C)C#N)C(=O)N1C(C)SCC1C(=O)O. The van der Waals surface area contributed by atoms with E-state index in [-0.39, 0.29) is 17.3 Å². The van der Waals surface area contributed by atoms with Gasteiger partial charge in [0.15, 0.2) is 0 Å². The van der Waals surface area contributed by atoms with Crippen molar-refractivity contribution in [3.63, 3.8) is 0 Å². The van der Waals surface area contributed by atoms with Gasteiger partial charge in [0.05, 0.1) is 17.4 Å². The summed E-state index contributed by atoms with van der Waals surface area (Å²) in [5, 5.41) is 17.8. The molecule has 19 heavy (non-hydrogen) atoms. The molecule has 1 aliphatic rings. The Morgan fingerprint density at radius 1 is 1.63 bits per heavy atom. The molecule has 6 nitrogen and oxygen atoms in total. The van der Waals surface area contributed by atoms with Gasteiger partial charge in [0.2, 0.25) is 0 Å². The quantitative estimate of drug-likeness (QED) is 0.844. The van der Waals surface area contributed by atoms with Crippen molar-refractivity contribution in [2.45, 2.75) is 32.2 Å². The molecule has 2 amide bonds. The molecule has 7 heteroatoms. The summed E-state index contributed by atoms with van der Waals surface area (Å²) in [5.74, 6) is -0.833. The van der Waals surface area contributed by atoms with E-state index in [1.54, 1.807) is 6.92 Å². The van der Waals surface area contributed by atoms with Gasteiger partial charge in [0.25, 0.3) is 0 Å². The predicted octanol–water partition coefficient (Wildman–Crippen LogP) is 1.44. The lowest BCUT2D eigenvalue weighted by Gasteiger charge is -2.32. The number of carboxylic acids is 1. The zero-order valence-corrected chi connectivity index (χ0v) is 12.2. The van der Waals surface area contributed by atoms with Crippen LogP contribution in [-0.4, -0.2) is 57.2 Å². The molecule has 1 heterocycles. The van der Waals surface area contributed by atoms with Gasteiger partial charge in [-0.25, -0.2) is 9.59 Å². The maximum absolute atomic E-state index is 12.4. The minimum absolute atomic E-state index is 0.153. The number of carbonyl (C=O) groups is 2. The molecule has 0 aromatic rings. The van der Waals surface area contributed by atoms with E-state index in [0.717, 1.165) is 0 Å². The number of amides is 2. The number of thioether (sulfide) groups is 1. The normalized spacial score (nSPS) is 23.8. The predicted molar refractivity (Wildman–Crippen MR) is 72.6 cm³/mol. The topological polar surface area (TPSA) is 84.6 Å². The largest absolute Gasteiger partial charge is 0.480 e. The van der Waals surface area contributed by atoms with Crippen molar-refractivity contribution in [1.82, 2.24) is 9.80 Å². The first kappa shape index (κ1) is 15.6. The first-order chi connectivity index (χ1) is 8.92. The first-order valence-corrected chi connectivity index (χ1v) is 7.28. The second kappa shape index (κ2) is 6.66. The Morgan fingerprint density at radius 3 is 2.74 bits per heavy atom. The van der Waals surface area contributed by atoms with E-state index in [1.807, 2.05) is 13.8 Å². The number of aliphatic carboxylic acids is 1. The number of nitrogens with zero attached hydrogens (tertiary/aromatic N) is 3. The van der Waals surface area contributed by atoms with E-state index < -0.39 is 12.0 Å². The van der Waals surface area contributed by atoms with Crippen molar-refractivity contribution in [1.29, 1.82) is 5.26 Å². The maximum Gasteiger partial charge on any atom is 0.327 e. The summed E-state index contributed by atoms with van der Waals surface area (Å²) in [4.78, 5) is 26.5. The van der Waals surface area contributed by atoms with Crippen LogP contribution in [0, 0.1) is 17.2 Å². The van der Waals surface area contributed by atoms with Gasteiger partial charge in [0, 0.05) is 18.8 Å². The van der Waals surface area contributed by atoms with Gasteiger partial charge in [-0.05, 0) is 20.8 Å². The summed E-state index contributed by atoms with van der Waals surface area (Å²) in [5.41, 5.74) is 0.